The fraction of sp³-hybridized carbons (Fsp3) is 1.00. The fourth-order valence-corrected chi connectivity index (χ4v) is 2.61. The second-order valence-electron chi connectivity index (χ2n) is 5.62. The molecule has 2 heteroatoms. The first-order valence-electron chi connectivity index (χ1n) is 7.32. The van der Waals surface area contributed by atoms with Gasteiger partial charge in [0, 0.05) is 18.6 Å². The lowest BCUT2D eigenvalue weighted by atomic mass is 10.1. The SMILES string of the molecule is CCCNC(CN(CCC)C1CC1)C1CC1. The average molecular weight is 224 g/mol. The molecule has 0 aromatic heterocycles. The Morgan fingerprint density at radius 1 is 1.12 bits per heavy atom. The van der Waals surface area contributed by atoms with Gasteiger partial charge in [-0.25, -0.2) is 0 Å². The molecule has 0 aromatic carbocycles. The van der Waals surface area contributed by atoms with Crippen molar-refractivity contribution in [3.8, 4) is 0 Å². The topological polar surface area (TPSA) is 15.3 Å². The van der Waals surface area contributed by atoms with Gasteiger partial charge < -0.3 is 5.32 Å². The first kappa shape index (κ1) is 12.4. The van der Waals surface area contributed by atoms with E-state index in [1.165, 1.54) is 58.2 Å². The van der Waals surface area contributed by atoms with E-state index >= 15 is 0 Å². The van der Waals surface area contributed by atoms with Crippen LogP contribution in [0.2, 0.25) is 0 Å². The largest absolute Gasteiger partial charge is 0.312 e. The molecular formula is C14H28N2. The molecule has 1 N–H and O–H groups in total. The van der Waals surface area contributed by atoms with Crippen molar-refractivity contribution in [1.82, 2.24) is 10.2 Å². The standard InChI is InChI=1S/C14H28N2/c1-3-9-15-14(12-5-6-12)11-16(10-4-2)13-7-8-13/h12-15H,3-11H2,1-2H3. The summed E-state index contributed by atoms with van der Waals surface area (Å²) in [5, 5.41) is 3.76. The molecule has 0 amide bonds. The summed E-state index contributed by atoms with van der Waals surface area (Å²) in [7, 11) is 0. The number of nitrogens with one attached hydrogen (secondary N) is 1. The summed E-state index contributed by atoms with van der Waals surface area (Å²) in [6.07, 6.45) is 8.40. The highest BCUT2D eigenvalue weighted by Crippen LogP contribution is 2.35. The Hall–Kier alpha value is -0.0800. The maximum absolute atomic E-state index is 3.76. The molecule has 0 heterocycles. The van der Waals surface area contributed by atoms with Gasteiger partial charge in [0.2, 0.25) is 0 Å². The first-order chi connectivity index (χ1) is 7.85. The molecule has 0 aromatic rings. The van der Waals surface area contributed by atoms with Crippen LogP contribution in [0.3, 0.4) is 0 Å². The van der Waals surface area contributed by atoms with E-state index < -0.39 is 0 Å². The van der Waals surface area contributed by atoms with Crippen molar-refractivity contribution >= 4 is 0 Å². The van der Waals surface area contributed by atoms with Crippen molar-refractivity contribution in [1.29, 1.82) is 0 Å². The van der Waals surface area contributed by atoms with E-state index in [0.29, 0.717) is 0 Å². The molecule has 94 valence electrons. The molecule has 2 aliphatic carbocycles. The van der Waals surface area contributed by atoms with E-state index in [0.717, 1.165) is 18.0 Å². The molecule has 0 spiro atoms. The highest BCUT2D eigenvalue weighted by atomic mass is 15.2. The predicted molar refractivity (Wildman–Crippen MR) is 69.7 cm³/mol. The van der Waals surface area contributed by atoms with Crippen LogP contribution in [0, 0.1) is 5.92 Å². The molecule has 2 aliphatic rings. The maximum Gasteiger partial charge on any atom is 0.0223 e. The molecular weight excluding hydrogens is 196 g/mol. The summed E-state index contributed by atoms with van der Waals surface area (Å²) in [5.41, 5.74) is 0. The van der Waals surface area contributed by atoms with Gasteiger partial charge in [-0.3, -0.25) is 4.90 Å². The van der Waals surface area contributed by atoms with Gasteiger partial charge in [-0.15, -0.1) is 0 Å². The Morgan fingerprint density at radius 2 is 1.88 bits per heavy atom. The van der Waals surface area contributed by atoms with Gasteiger partial charge >= 0.3 is 0 Å². The van der Waals surface area contributed by atoms with Gasteiger partial charge in [-0.05, 0) is 57.5 Å². The zero-order valence-corrected chi connectivity index (χ0v) is 11.0. The summed E-state index contributed by atoms with van der Waals surface area (Å²) in [6, 6.07) is 1.72. The lowest BCUT2D eigenvalue weighted by Gasteiger charge is -2.28. The second kappa shape index (κ2) is 6.02. The summed E-state index contributed by atoms with van der Waals surface area (Å²) < 4.78 is 0. The van der Waals surface area contributed by atoms with Crippen LogP contribution in [0.25, 0.3) is 0 Å². The molecule has 0 radical (unpaired) electrons. The van der Waals surface area contributed by atoms with Gasteiger partial charge in [0.15, 0.2) is 0 Å². The number of hydrogen-bond donors (Lipinski definition) is 1. The van der Waals surface area contributed by atoms with Crippen molar-refractivity contribution in [3.05, 3.63) is 0 Å². The van der Waals surface area contributed by atoms with Crippen LogP contribution >= 0.6 is 0 Å². The van der Waals surface area contributed by atoms with Crippen LogP contribution in [0.15, 0.2) is 0 Å². The number of nitrogens with zero attached hydrogens (tertiary/aromatic N) is 1. The van der Waals surface area contributed by atoms with Crippen molar-refractivity contribution in [2.75, 3.05) is 19.6 Å². The minimum atomic E-state index is 0.784. The number of rotatable bonds is 9. The Balaban J connectivity index is 1.77. The van der Waals surface area contributed by atoms with E-state index in [2.05, 4.69) is 24.1 Å². The Bertz CT molecular complexity index is 197. The molecule has 16 heavy (non-hydrogen) atoms. The Morgan fingerprint density at radius 3 is 2.38 bits per heavy atom. The molecule has 2 saturated carbocycles. The van der Waals surface area contributed by atoms with Crippen molar-refractivity contribution in [2.24, 2.45) is 5.92 Å². The van der Waals surface area contributed by atoms with Gasteiger partial charge in [0.25, 0.3) is 0 Å². The van der Waals surface area contributed by atoms with Gasteiger partial charge in [-0.1, -0.05) is 13.8 Å². The monoisotopic (exact) mass is 224 g/mol. The van der Waals surface area contributed by atoms with Crippen LogP contribution in [0.1, 0.15) is 52.4 Å². The molecule has 2 nitrogen and oxygen atoms in total. The van der Waals surface area contributed by atoms with E-state index in [-0.39, 0.29) is 0 Å². The van der Waals surface area contributed by atoms with Gasteiger partial charge in [0.05, 0.1) is 0 Å². The van der Waals surface area contributed by atoms with Crippen LogP contribution in [0.5, 0.6) is 0 Å². The normalized spacial score (nSPS) is 22.7. The Labute approximate surface area is 101 Å². The van der Waals surface area contributed by atoms with Crippen LogP contribution in [-0.2, 0) is 0 Å². The maximum atomic E-state index is 3.76. The number of hydrogen-bond acceptors (Lipinski definition) is 2. The fourth-order valence-electron chi connectivity index (χ4n) is 2.61. The lowest BCUT2D eigenvalue weighted by Crippen LogP contribution is -2.44. The summed E-state index contributed by atoms with van der Waals surface area (Å²) >= 11 is 0. The highest BCUT2D eigenvalue weighted by molar-refractivity contribution is 4.92. The molecule has 0 bridgehead atoms. The molecule has 1 atom stereocenters. The molecule has 0 saturated heterocycles. The van der Waals surface area contributed by atoms with Crippen LogP contribution in [-0.4, -0.2) is 36.6 Å². The van der Waals surface area contributed by atoms with Crippen LogP contribution < -0.4 is 5.32 Å². The third-order valence-electron chi connectivity index (χ3n) is 3.85. The second-order valence-corrected chi connectivity index (χ2v) is 5.62. The third-order valence-corrected chi connectivity index (χ3v) is 3.85. The zero-order chi connectivity index (χ0) is 11.4. The molecule has 2 fully saturated rings. The molecule has 1 unspecified atom stereocenters. The van der Waals surface area contributed by atoms with E-state index in [1.807, 2.05) is 0 Å². The lowest BCUT2D eigenvalue weighted by molar-refractivity contribution is 0.222. The third kappa shape index (κ3) is 3.74. The van der Waals surface area contributed by atoms with Crippen molar-refractivity contribution in [3.63, 3.8) is 0 Å². The quantitative estimate of drug-likeness (QED) is 0.648. The van der Waals surface area contributed by atoms with Crippen LogP contribution in [0.4, 0.5) is 0 Å². The smallest absolute Gasteiger partial charge is 0.0223 e. The van der Waals surface area contributed by atoms with E-state index in [4.69, 9.17) is 0 Å². The van der Waals surface area contributed by atoms with Gasteiger partial charge in [0.1, 0.15) is 0 Å². The summed E-state index contributed by atoms with van der Waals surface area (Å²) in [4.78, 5) is 2.74. The highest BCUT2D eigenvalue weighted by Gasteiger charge is 2.35. The summed E-state index contributed by atoms with van der Waals surface area (Å²) in [6.45, 7) is 8.39. The minimum Gasteiger partial charge on any atom is -0.312 e. The van der Waals surface area contributed by atoms with Crippen molar-refractivity contribution in [2.45, 2.75) is 64.5 Å². The zero-order valence-electron chi connectivity index (χ0n) is 11.0. The summed E-state index contributed by atoms with van der Waals surface area (Å²) in [5.74, 6) is 0.990. The predicted octanol–water partition coefficient (Wildman–Crippen LogP) is 2.64. The first-order valence-corrected chi connectivity index (χ1v) is 7.32. The molecule has 0 aliphatic heterocycles. The van der Waals surface area contributed by atoms with E-state index in [9.17, 15) is 0 Å². The van der Waals surface area contributed by atoms with E-state index in [1.54, 1.807) is 0 Å². The van der Waals surface area contributed by atoms with Gasteiger partial charge in [-0.2, -0.15) is 0 Å². The minimum absolute atomic E-state index is 0.784. The molecule has 2 rings (SSSR count). The van der Waals surface area contributed by atoms with Crippen molar-refractivity contribution < 1.29 is 0 Å². The average Bonchev–Trinajstić information content (AvgIpc) is 3.16. The Kier molecular flexibility index (Phi) is 4.66.